The van der Waals surface area contributed by atoms with Gasteiger partial charge in [-0.3, -0.25) is 0 Å². The van der Waals surface area contributed by atoms with Crippen LogP contribution in [-0.2, 0) is 4.74 Å². The molecule has 0 aromatic heterocycles. The van der Waals surface area contributed by atoms with Gasteiger partial charge in [0.2, 0.25) is 0 Å². The van der Waals surface area contributed by atoms with Crippen LogP contribution in [0.5, 0.6) is 0 Å². The molecule has 3 nitrogen and oxygen atoms in total. The van der Waals surface area contributed by atoms with Gasteiger partial charge < -0.3 is 14.7 Å². The Morgan fingerprint density at radius 1 is 1.38 bits per heavy atom. The van der Waals surface area contributed by atoms with Gasteiger partial charge in [0, 0.05) is 20.2 Å². The summed E-state index contributed by atoms with van der Waals surface area (Å²) in [5.41, 5.74) is 0. The normalized spacial score (nSPS) is 34.9. The summed E-state index contributed by atoms with van der Waals surface area (Å²) >= 11 is 0. The first-order valence-corrected chi connectivity index (χ1v) is 6.54. The molecule has 2 aliphatic carbocycles. The lowest BCUT2D eigenvalue weighted by molar-refractivity contribution is 0.0383. The van der Waals surface area contributed by atoms with Crippen LogP contribution in [0.15, 0.2) is 0 Å². The molecule has 1 N–H and O–H groups in total. The van der Waals surface area contributed by atoms with E-state index in [2.05, 4.69) is 11.9 Å². The second-order valence-electron chi connectivity index (χ2n) is 5.77. The van der Waals surface area contributed by atoms with Gasteiger partial charge in [-0.2, -0.15) is 0 Å². The molecule has 94 valence electrons. The number of aliphatic hydroxyl groups is 1. The highest BCUT2D eigenvalue weighted by Gasteiger charge is 2.39. The number of methoxy groups -OCH3 is 1. The molecule has 16 heavy (non-hydrogen) atoms. The topological polar surface area (TPSA) is 32.7 Å². The second-order valence-corrected chi connectivity index (χ2v) is 5.77. The predicted molar refractivity (Wildman–Crippen MR) is 64.3 cm³/mol. The molecule has 4 atom stereocenters. The van der Waals surface area contributed by atoms with Crippen LogP contribution >= 0.6 is 0 Å². The number of rotatable bonds is 6. The lowest BCUT2D eigenvalue weighted by atomic mass is 9.88. The first kappa shape index (κ1) is 12.3. The molecule has 0 aromatic rings. The number of hydrogen-bond donors (Lipinski definition) is 1. The molecule has 2 bridgehead atoms. The summed E-state index contributed by atoms with van der Waals surface area (Å²) in [6.07, 6.45) is 5.48. The minimum absolute atomic E-state index is 0.339. The molecule has 0 amide bonds. The largest absolute Gasteiger partial charge is 0.389 e. The molecule has 0 aromatic carbocycles. The zero-order valence-corrected chi connectivity index (χ0v) is 10.6. The molecule has 2 aliphatic rings. The second kappa shape index (κ2) is 5.48. The zero-order chi connectivity index (χ0) is 11.5. The molecule has 0 aliphatic heterocycles. The lowest BCUT2D eigenvalue weighted by Gasteiger charge is -2.28. The van der Waals surface area contributed by atoms with Gasteiger partial charge in [-0.15, -0.1) is 0 Å². The fourth-order valence-corrected chi connectivity index (χ4v) is 3.68. The van der Waals surface area contributed by atoms with Crippen LogP contribution in [0.4, 0.5) is 0 Å². The Morgan fingerprint density at radius 3 is 2.75 bits per heavy atom. The van der Waals surface area contributed by atoms with Crippen LogP contribution in [0.2, 0.25) is 0 Å². The molecular formula is C13H25NO2. The van der Waals surface area contributed by atoms with E-state index in [0.29, 0.717) is 6.61 Å². The van der Waals surface area contributed by atoms with Crippen molar-refractivity contribution in [3.05, 3.63) is 0 Å². The molecule has 2 rings (SSSR count). The van der Waals surface area contributed by atoms with Gasteiger partial charge in [-0.1, -0.05) is 6.42 Å². The fourth-order valence-electron chi connectivity index (χ4n) is 3.68. The lowest BCUT2D eigenvalue weighted by Crippen LogP contribution is -2.36. The van der Waals surface area contributed by atoms with E-state index in [9.17, 15) is 5.11 Å². The fraction of sp³-hybridized carbons (Fsp3) is 1.00. The van der Waals surface area contributed by atoms with Gasteiger partial charge in [0.25, 0.3) is 0 Å². The van der Waals surface area contributed by atoms with E-state index < -0.39 is 0 Å². The molecule has 0 saturated heterocycles. The Bertz CT molecular complexity index is 222. The van der Waals surface area contributed by atoms with Gasteiger partial charge in [-0.05, 0) is 44.1 Å². The van der Waals surface area contributed by atoms with Gasteiger partial charge in [0.15, 0.2) is 0 Å². The number of nitrogens with zero attached hydrogens (tertiary/aromatic N) is 1. The molecule has 0 heterocycles. The average Bonchev–Trinajstić information content (AvgIpc) is 2.78. The molecule has 0 radical (unpaired) electrons. The van der Waals surface area contributed by atoms with Crippen LogP contribution in [0.3, 0.4) is 0 Å². The highest BCUT2D eigenvalue weighted by molar-refractivity contribution is 4.91. The number of likely N-dealkylation sites (N-methyl/N-ethyl adjacent to an activating group) is 1. The van der Waals surface area contributed by atoms with Crippen molar-refractivity contribution in [2.75, 3.05) is 33.9 Å². The van der Waals surface area contributed by atoms with Crippen molar-refractivity contribution >= 4 is 0 Å². The summed E-state index contributed by atoms with van der Waals surface area (Å²) in [4.78, 5) is 2.27. The van der Waals surface area contributed by atoms with Crippen LogP contribution in [0.1, 0.15) is 25.7 Å². The Kier molecular flexibility index (Phi) is 4.22. The minimum atomic E-state index is -0.339. The Balaban J connectivity index is 1.69. The van der Waals surface area contributed by atoms with Crippen LogP contribution in [-0.4, -0.2) is 50.0 Å². The summed E-state index contributed by atoms with van der Waals surface area (Å²) in [7, 11) is 3.75. The summed E-state index contributed by atoms with van der Waals surface area (Å²) in [5, 5.41) is 9.66. The van der Waals surface area contributed by atoms with Gasteiger partial charge in [0.05, 0.1) is 12.7 Å². The first-order chi connectivity index (χ1) is 7.69. The van der Waals surface area contributed by atoms with Crippen molar-refractivity contribution in [3.63, 3.8) is 0 Å². The monoisotopic (exact) mass is 227 g/mol. The van der Waals surface area contributed by atoms with Gasteiger partial charge in [-0.25, -0.2) is 0 Å². The number of hydrogen-bond acceptors (Lipinski definition) is 3. The van der Waals surface area contributed by atoms with Crippen molar-refractivity contribution in [3.8, 4) is 0 Å². The Hall–Kier alpha value is -0.120. The maximum absolute atomic E-state index is 9.66. The highest BCUT2D eigenvalue weighted by atomic mass is 16.5. The third-order valence-electron chi connectivity index (χ3n) is 4.31. The molecule has 0 spiro atoms. The summed E-state index contributed by atoms with van der Waals surface area (Å²) < 4.78 is 4.95. The standard InChI is InChI=1S/C13H25NO2/c1-14(8-13(15)9-16-2)7-12-6-10-3-4-11(12)5-10/h10-13,15H,3-9H2,1-2H3. The molecular weight excluding hydrogens is 202 g/mol. The number of ether oxygens (including phenoxy) is 1. The zero-order valence-electron chi connectivity index (χ0n) is 10.6. The van der Waals surface area contributed by atoms with Crippen molar-refractivity contribution in [2.45, 2.75) is 31.8 Å². The number of aliphatic hydroxyl groups excluding tert-OH is 1. The van der Waals surface area contributed by atoms with Gasteiger partial charge >= 0.3 is 0 Å². The van der Waals surface area contributed by atoms with E-state index in [1.165, 1.54) is 25.7 Å². The van der Waals surface area contributed by atoms with Crippen LogP contribution in [0.25, 0.3) is 0 Å². The van der Waals surface area contributed by atoms with E-state index in [1.807, 2.05) is 0 Å². The maximum Gasteiger partial charge on any atom is 0.0899 e. The molecule has 2 fully saturated rings. The van der Waals surface area contributed by atoms with Crippen LogP contribution in [0, 0.1) is 17.8 Å². The van der Waals surface area contributed by atoms with Crippen molar-refractivity contribution in [2.24, 2.45) is 17.8 Å². The predicted octanol–water partition coefficient (Wildman–Crippen LogP) is 1.36. The maximum atomic E-state index is 9.66. The third kappa shape index (κ3) is 2.96. The summed E-state index contributed by atoms with van der Waals surface area (Å²) in [5.74, 6) is 2.89. The van der Waals surface area contributed by atoms with E-state index >= 15 is 0 Å². The molecule has 2 saturated carbocycles. The van der Waals surface area contributed by atoms with E-state index in [1.54, 1.807) is 7.11 Å². The Labute approximate surface area is 98.8 Å². The Morgan fingerprint density at radius 2 is 2.19 bits per heavy atom. The summed E-state index contributed by atoms with van der Waals surface area (Å²) in [6, 6.07) is 0. The molecule has 3 heteroatoms. The van der Waals surface area contributed by atoms with E-state index in [0.717, 1.165) is 30.8 Å². The van der Waals surface area contributed by atoms with E-state index in [4.69, 9.17) is 4.74 Å². The van der Waals surface area contributed by atoms with Crippen molar-refractivity contribution < 1.29 is 9.84 Å². The smallest absolute Gasteiger partial charge is 0.0899 e. The quantitative estimate of drug-likeness (QED) is 0.744. The average molecular weight is 227 g/mol. The van der Waals surface area contributed by atoms with Crippen molar-refractivity contribution in [1.82, 2.24) is 4.90 Å². The number of fused-ring (bicyclic) bond motifs is 2. The SMILES string of the molecule is COCC(O)CN(C)CC1CC2CCC1C2. The first-order valence-electron chi connectivity index (χ1n) is 6.54. The highest BCUT2D eigenvalue weighted by Crippen LogP contribution is 2.48. The van der Waals surface area contributed by atoms with Gasteiger partial charge in [0.1, 0.15) is 0 Å². The van der Waals surface area contributed by atoms with E-state index in [-0.39, 0.29) is 6.10 Å². The summed E-state index contributed by atoms with van der Waals surface area (Å²) in [6.45, 7) is 2.34. The van der Waals surface area contributed by atoms with Crippen molar-refractivity contribution in [1.29, 1.82) is 0 Å². The molecule has 4 unspecified atom stereocenters. The minimum Gasteiger partial charge on any atom is -0.389 e. The third-order valence-corrected chi connectivity index (χ3v) is 4.31. The van der Waals surface area contributed by atoms with Crippen LogP contribution < -0.4 is 0 Å².